The summed E-state index contributed by atoms with van der Waals surface area (Å²) in [4.78, 5) is 11.0. The number of nitro benzene ring substituents is 1. The van der Waals surface area contributed by atoms with Gasteiger partial charge in [-0.25, -0.2) is 0 Å². The van der Waals surface area contributed by atoms with Gasteiger partial charge in [0.25, 0.3) is 5.69 Å². The van der Waals surface area contributed by atoms with E-state index in [0.717, 1.165) is 5.56 Å². The van der Waals surface area contributed by atoms with E-state index in [0.29, 0.717) is 17.7 Å². The minimum absolute atomic E-state index is 0.123. The third-order valence-electron chi connectivity index (χ3n) is 1.97. The van der Waals surface area contributed by atoms with Crippen LogP contribution in [0.25, 0.3) is 0 Å². The van der Waals surface area contributed by atoms with Crippen molar-refractivity contribution in [3.63, 3.8) is 0 Å². The molecule has 15 heavy (non-hydrogen) atoms. The predicted octanol–water partition coefficient (Wildman–Crippen LogP) is 2.77. The van der Waals surface area contributed by atoms with Crippen LogP contribution in [0.3, 0.4) is 0 Å². The van der Waals surface area contributed by atoms with Crippen molar-refractivity contribution in [1.82, 2.24) is 0 Å². The molecule has 0 saturated heterocycles. The standard InChI is InChI=1S/C10H10N2O2S/c1-15-10-5-4-8(3-2-6-11)7-9(10)12(13)14/h4-5,7H,2-3H2,1H3. The fourth-order valence-electron chi connectivity index (χ4n) is 1.23. The minimum atomic E-state index is -0.387. The summed E-state index contributed by atoms with van der Waals surface area (Å²) in [7, 11) is 0. The minimum Gasteiger partial charge on any atom is -0.258 e. The Morgan fingerprint density at radius 3 is 2.87 bits per heavy atom. The maximum Gasteiger partial charge on any atom is 0.283 e. The Labute approximate surface area is 92.1 Å². The Morgan fingerprint density at radius 2 is 2.33 bits per heavy atom. The average Bonchev–Trinajstić information content (AvgIpc) is 2.25. The molecule has 78 valence electrons. The van der Waals surface area contributed by atoms with E-state index < -0.39 is 0 Å². The van der Waals surface area contributed by atoms with Crippen molar-refractivity contribution in [1.29, 1.82) is 5.26 Å². The van der Waals surface area contributed by atoms with Gasteiger partial charge in [-0.15, -0.1) is 11.8 Å². The van der Waals surface area contributed by atoms with E-state index in [1.807, 2.05) is 12.1 Å². The summed E-state index contributed by atoms with van der Waals surface area (Å²) in [5.41, 5.74) is 0.957. The van der Waals surface area contributed by atoms with Gasteiger partial charge in [0.15, 0.2) is 0 Å². The SMILES string of the molecule is CSc1ccc(CCC#N)cc1[N+](=O)[O-]. The van der Waals surface area contributed by atoms with E-state index in [9.17, 15) is 10.1 Å². The highest BCUT2D eigenvalue weighted by Crippen LogP contribution is 2.28. The molecular formula is C10H10N2O2S. The lowest BCUT2D eigenvalue weighted by molar-refractivity contribution is -0.387. The molecule has 0 unspecified atom stereocenters. The van der Waals surface area contributed by atoms with Gasteiger partial charge in [-0.1, -0.05) is 6.07 Å². The Hall–Kier alpha value is -1.54. The molecule has 0 aromatic heterocycles. The van der Waals surface area contributed by atoms with Crippen LogP contribution in [0.5, 0.6) is 0 Å². The third kappa shape index (κ3) is 2.96. The molecule has 1 aromatic carbocycles. The molecule has 0 aliphatic heterocycles. The van der Waals surface area contributed by atoms with Crippen LogP contribution in [-0.4, -0.2) is 11.2 Å². The van der Waals surface area contributed by atoms with Gasteiger partial charge in [0.2, 0.25) is 0 Å². The lowest BCUT2D eigenvalue weighted by Gasteiger charge is -2.01. The fraction of sp³-hybridized carbons (Fsp3) is 0.300. The average molecular weight is 222 g/mol. The van der Waals surface area contributed by atoms with Gasteiger partial charge < -0.3 is 0 Å². The van der Waals surface area contributed by atoms with Crippen molar-refractivity contribution >= 4 is 17.4 Å². The molecule has 0 fully saturated rings. The van der Waals surface area contributed by atoms with E-state index in [1.165, 1.54) is 11.8 Å². The lowest BCUT2D eigenvalue weighted by Crippen LogP contribution is -1.93. The van der Waals surface area contributed by atoms with Crippen LogP contribution >= 0.6 is 11.8 Å². The van der Waals surface area contributed by atoms with Crippen LogP contribution < -0.4 is 0 Å². The summed E-state index contributed by atoms with van der Waals surface area (Å²) >= 11 is 1.35. The number of hydrogen-bond acceptors (Lipinski definition) is 4. The van der Waals surface area contributed by atoms with Gasteiger partial charge in [-0.05, 0) is 24.3 Å². The first-order chi connectivity index (χ1) is 7.19. The molecule has 0 aliphatic carbocycles. The van der Waals surface area contributed by atoms with Gasteiger partial charge in [-0.2, -0.15) is 5.26 Å². The van der Waals surface area contributed by atoms with Gasteiger partial charge in [0.1, 0.15) is 0 Å². The first kappa shape index (κ1) is 11.5. The summed E-state index contributed by atoms with van der Waals surface area (Å²) in [6, 6.07) is 7.12. The van der Waals surface area contributed by atoms with Crippen molar-refractivity contribution in [3.05, 3.63) is 33.9 Å². The maximum absolute atomic E-state index is 10.7. The highest BCUT2D eigenvalue weighted by molar-refractivity contribution is 7.98. The topological polar surface area (TPSA) is 66.9 Å². The third-order valence-corrected chi connectivity index (χ3v) is 2.75. The van der Waals surface area contributed by atoms with Crippen LogP contribution in [0.15, 0.2) is 23.1 Å². The molecule has 0 amide bonds. The summed E-state index contributed by atoms with van der Waals surface area (Å²) in [5.74, 6) is 0. The molecular weight excluding hydrogens is 212 g/mol. The Kier molecular flexibility index (Phi) is 4.13. The summed E-state index contributed by atoms with van der Waals surface area (Å²) in [6.07, 6.45) is 2.75. The molecule has 1 rings (SSSR count). The van der Waals surface area contributed by atoms with Crippen molar-refractivity contribution < 1.29 is 4.92 Å². The van der Waals surface area contributed by atoms with E-state index in [4.69, 9.17) is 5.26 Å². The zero-order valence-electron chi connectivity index (χ0n) is 8.27. The molecule has 1 aromatic rings. The number of aryl methyl sites for hydroxylation is 1. The number of thioether (sulfide) groups is 1. The highest BCUT2D eigenvalue weighted by atomic mass is 32.2. The molecule has 0 aliphatic rings. The second-order valence-corrected chi connectivity index (χ2v) is 3.77. The monoisotopic (exact) mass is 222 g/mol. The van der Waals surface area contributed by atoms with Crippen molar-refractivity contribution in [2.75, 3.05) is 6.26 Å². The molecule has 0 heterocycles. The molecule has 0 radical (unpaired) electrons. The van der Waals surface area contributed by atoms with Gasteiger partial charge >= 0.3 is 0 Å². The largest absolute Gasteiger partial charge is 0.283 e. The zero-order valence-corrected chi connectivity index (χ0v) is 9.08. The lowest BCUT2D eigenvalue weighted by atomic mass is 10.1. The number of rotatable bonds is 4. The summed E-state index contributed by atoms with van der Waals surface area (Å²) < 4.78 is 0. The van der Waals surface area contributed by atoms with E-state index in [1.54, 1.807) is 18.4 Å². The van der Waals surface area contributed by atoms with E-state index in [2.05, 4.69) is 0 Å². The fourth-order valence-corrected chi connectivity index (χ4v) is 1.78. The van der Waals surface area contributed by atoms with E-state index in [-0.39, 0.29) is 10.6 Å². The van der Waals surface area contributed by atoms with Crippen LogP contribution in [0.1, 0.15) is 12.0 Å². The smallest absolute Gasteiger partial charge is 0.258 e. The molecule has 4 nitrogen and oxygen atoms in total. The van der Waals surface area contributed by atoms with Crippen LogP contribution in [0.2, 0.25) is 0 Å². The highest BCUT2D eigenvalue weighted by Gasteiger charge is 2.13. The van der Waals surface area contributed by atoms with Gasteiger partial charge in [0.05, 0.1) is 15.9 Å². The molecule has 0 N–H and O–H groups in total. The predicted molar refractivity (Wildman–Crippen MR) is 58.8 cm³/mol. The molecule has 0 saturated carbocycles. The second kappa shape index (κ2) is 5.37. The van der Waals surface area contributed by atoms with Crippen molar-refractivity contribution in [2.24, 2.45) is 0 Å². The van der Waals surface area contributed by atoms with E-state index >= 15 is 0 Å². The second-order valence-electron chi connectivity index (χ2n) is 2.92. The van der Waals surface area contributed by atoms with Crippen molar-refractivity contribution in [2.45, 2.75) is 17.7 Å². The Morgan fingerprint density at radius 1 is 1.60 bits per heavy atom. The van der Waals surface area contributed by atoms with Gasteiger partial charge in [-0.3, -0.25) is 10.1 Å². The number of nitro groups is 1. The summed E-state index contributed by atoms with van der Waals surface area (Å²) in [5, 5.41) is 19.2. The Bertz CT molecular complexity index is 412. The molecule has 0 bridgehead atoms. The Balaban J connectivity index is 3.00. The number of nitriles is 1. The quantitative estimate of drug-likeness (QED) is 0.446. The van der Waals surface area contributed by atoms with Crippen molar-refractivity contribution in [3.8, 4) is 6.07 Å². The molecule has 5 heteroatoms. The number of benzene rings is 1. The molecule has 0 atom stereocenters. The van der Waals surface area contributed by atoms with Crippen LogP contribution in [-0.2, 0) is 6.42 Å². The van der Waals surface area contributed by atoms with Crippen LogP contribution in [0.4, 0.5) is 5.69 Å². The summed E-state index contributed by atoms with van der Waals surface area (Å²) in [6.45, 7) is 0. The molecule has 0 spiro atoms. The van der Waals surface area contributed by atoms with Gasteiger partial charge in [0, 0.05) is 12.5 Å². The first-order valence-corrected chi connectivity index (χ1v) is 5.59. The number of hydrogen-bond donors (Lipinski definition) is 0. The normalized spacial score (nSPS) is 9.60. The zero-order chi connectivity index (χ0) is 11.3. The maximum atomic E-state index is 10.7. The number of nitrogens with zero attached hydrogens (tertiary/aromatic N) is 2. The van der Waals surface area contributed by atoms with Crippen LogP contribution in [0, 0.1) is 21.4 Å². The first-order valence-electron chi connectivity index (χ1n) is 4.37.